The molecule has 1 aliphatic rings. The molecule has 92 valence electrons. The lowest BCUT2D eigenvalue weighted by Gasteiger charge is -2.00. The molecule has 1 fully saturated rings. The lowest BCUT2D eigenvalue weighted by molar-refractivity contribution is -0.120. The first kappa shape index (κ1) is 11.2. The van der Waals surface area contributed by atoms with E-state index in [0.717, 1.165) is 28.1 Å². The molecule has 0 spiro atoms. The smallest absolute Gasteiger partial charge is 0.250 e. The maximum atomic E-state index is 11.6. The molecular formula is C12H11N3O2S. The van der Waals surface area contributed by atoms with E-state index in [1.807, 2.05) is 6.07 Å². The van der Waals surface area contributed by atoms with Gasteiger partial charge in [-0.15, -0.1) is 11.3 Å². The van der Waals surface area contributed by atoms with Crippen molar-refractivity contribution >= 4 is 33.4 Å². The second-order valence-corrected chi connectivity index (χ2v) is 5.33. The van der Waals surface area contributed by atoms with Gasteiger partial charge in [0.05, 0.1) is 11.5 Å². The summed E-state index contributed by atoms with van der Waals surface area (Å²) in [6, 6.07) is 3.65. The van der Waals surface area contributed by atoms with E-state index in [2.05, 4.69) is 10.3 Å². The topological polar surface area (TPSA) is 85.1 Å². The number of carbonyl (C=O) groups is 2. The van der Waals surface area contributed by atoms with Crippen LogP contribution in [0.2, 0.25) is 0 Å². The molecule has 1 saturated heterocycles. The van der Waals surface area contributed by atoms with E-state index in [9.17, 15) is 9.59 Å². The molecule has 2 amide bonds. The van der Waals surface area contributed by atoms with Crippen molar-refractivity contribution in [3.8, 4) is 0 Å². The molecule has 3 heterocycles. The van der Waals surface area contributed by atoms with Crippen LogP contribution in [0, 0.1) is 0 Å². The fraction of sp³-hybridized carbons (Fsp3) is 0.250. The van der Waals surface area contributed by atoms with Crippen LogP contribution in [0.5, 0.6) is 0 Å². The Kier molecular flexibility index (Phi) is 2.52. The van der Waals surface area contributed by atoms with Crippen molar-refractivity contribution in [1.29, 1.82) is 0 Å². The second-order valence-electron chi connectivity index (χ2n) is 4.26. The van der Waals surface area contributed by atoms with Gasteiger partial charge in [0, 0.05) is 23.0 Å². The fourth-order valence-corrected chi connectivity index (χ4v) is 3.24. The Morgan fingerprint density at radius 2 is 2.33 bits per heavy atom. The first-order valence-electron chi connectivity index (χ1n) is 5.62. The zero-order valence-corrected chi connectivity index (χ0v) is 10.3. The summed E-state index contributed by atoms with van der Waals surface area (Å²) >= 11 is 1.49. The van der Waals surface area contributed by atoms with Crippen molar-refractivity contribution in [1.82, 2.24) is 10.3 Å². The number of nitrogens with two attached hydrogens (primary N) is 1. The summed E-state index contributed by atoms with van der Waals surface area (Å²) in [5.41, 5.74) is 5.61. The van der Waals surface area contributed by atoms with E-state index in [1.165, 1.54) is 17.5 Å². The third-order valence-corrected chi connectivity index (χ3v) is 4.24. The molecule has 2 aromatic heterocycles. The van der Waals surface area contributed by atoms with Crippen LogP contribution in [0.25, 0.3) is 10.2 Å². The minimum atomic E-state index is -0.490. The SMILES string of the molecule is NC(=O)c1cnc2sc([C@@H]3CCNC3=O)cc2c1. The minimum absolute atomic E-state index is 0.0664. The monoisotopic (exact) mass is 261 g/mol. The Hall–Kier alpha value is -1.95. The highest BCUT2D eigenvalue weighted by atomic mass is 32.1. The van der Waals surface area contributed by atoms with Crippen LogP contribution >= 0.6 is 11.3 Å². The Morgan fingerprint density at radius 3 is 3.00 bits per heavy atom. The third-order valence-electron chi connectivity index (χ3n) is 3.07. The number of nitrogens with one attached hydrogen (secondary N) is 1. The van der Waals surface area contributed by atoms with E-state index in [4.69, 9.17) is 5.73 Å². The zero-order valence-electron chi connectivity index (χ0n) is 9.47. The van der Waals surface area contributed by atoms with Crippen molar-refractivity contribution in [3.05, 3.63) is 28.8 Å². The molecule has 1 atom stereocenters. The van der Waals surface area contributed by atoms with Crippen molar-refractivity contribution in [2.45, 2.75) is 12.3 Å². The van der Waals surface area contributed by atoms with Gasteiger partial charge in [-0.1, -0.05) is 0 Å². The summed E-state index contributed by atoms with van der Waals surface area (Å²) in [6.45, 7) is 0.720. The highest BCUT2D eigenvalue weighted by Crippen LogP contribution is 2.33. The molecule has 0 aromatic carbocycles. The lowest BCUT2D eigenvalue weighted by atomic mass is 10.1. The maximum Gasteiger partial charge on any atom is 0.250 e. The van der Waals surface area contributed by atoms with Crippen LogP contribution in [0.15, 0.2) is 18.3 Å². The molecule has 6 heteroatoms. The van der Waals surface area contributed by atoms with Crippen LogP contribution in [-0.4, -0.2) is 23.3 Å². The molecule has 2 aromatic rings. The molecule has 0 aliphatic carbocycles. The first-order valence-corrected chi connectivity index (χ1v) is 6.44. The van der Waals surface area contributed by atoms with Crippen LogP contribution in [0.1, 0.15) is 27.6 Å². The number of hydrogen-bond donors (Lipinski definition) is 2. The van der Waals surface area contributed by atoms with Gasteiger partial charge in [-0.05, 0) is 18.6 Å². The average Bonchev–Trinajstić information content (AvgIpc) is 2.92. The molecular weight excluding hydrogens is 250 g/mol. The summed E-state index contributed by atoms with van der Waals surface area (Å²) in [5.74, 6) is -0.506. The summed E-state index contributed by atoms with van der Waals surface area (Å²) in [5, 5.41) is 3.68. The van der Waals surface area contributed by atoms with Crippen LogP contribution in [0.3, 0.4) is 0 Å². The van der Waals surface area contributed by atoms with Crippen molar-refractivity contribution < 1.29 is 9.59 Å². The highest BCUT2D eigenvalue weighted by Gasteiger charge is 2.27. The van der Waals surface area contributed by atoms with Gasteiger partial charge < -0.3 is 11.1 Å². The number of carbonyl (C=O) groups excluding carboxylic acids is 2. The van der Waals surface area contributed by atoms with Gasteiger partial charge in [-0.25, -0.2) is 4.98 Å². The number of thiophene rings is 1. The highest BCUT2D eigenvalue weighted by molar-refractivity contribution is 7.18. The quantitative estimate of drug-likeness (QED) is 0.845. The summed E-state index contributed by atoms with van der Waals surface area (Å²) < 4.78 is 0. The van der Waals surface area contributed by atoms with E-state index < -0.39 is 5.91 Å². The number of fused-ring (bicyclic) bond motifs is 1. The molecule has 3 N–H and O–H groups in total. The minimum Gasteiger partial charge on any atom is -0.366 e. The number of hydrogen-bond acceptors (Lipinski definition) is 4. The molecule has 0 radical (unpaired) electrons. The van der Waals surface area contributed by atoms with Gasteiger partial charge in [0.15, 0.2) is 0 Å². The standard InChI is InChI=1S/C12H11N3O2S/c13-10(16)7-3-6-4-9(18-12(6)15-5-7)8-1-2-14-11(8)17/h3-5,8H,1-2H2,(H2,13,16)(H,14,17)/t8-/m0/s1. The van der Waals surface area contributed by atoms with Crippen LogP contribution in [-0.2, 0) is 4.79 Å². The van der Waals surface area contributed by atoms with E-state index in [0.29, 0.717) is 5.56 Å². The number of aromatic nitrogens is 1. The van der Waals surface area contributed by atoms with Crippen molar-refractivity contribution in [3.63, 3.8) is 0 Å². The Labute approximate surface area is 107 Å². The van der Waals surface area contributed by atoms with Gasteiger partial charge >= 0.3 is 0 Å². The Balaban J connectivity index is 2.05. The van der Waals surface area contributed by atoms with Crippen LogP contribution < -0.4 is 11.1 Å². The van der Waals surface area contributed by atoms with Gasteiger partial charge in [-0.2, -0.15) is 0 Å². The zero-order chi connectivity index (χ0) is 12.7. The molecule has 18 heavy (non-hydrogen) atoms. The average molecular weight is 261 g/mol. The maximum absolute atomic E-state index is 11.6. The summed E-state index contributed by atoms with van der Waals surface area (Å²) in [6.07, 6.45) is 2.29. The number of rotatable bonds is 2. The number of nitrogens with zero attached hydrogens (tertiary/aromatic N) is 1. The lowest BCUT2D eigenvalue weighted by Crippen LogP contribution is -2.17. The number of primary amides is 1. The molecule has 0 unspecified atom stereocenters. The third kappa shape index (κ3) is 1.74. The van der Waals surface area contributed by atoms with Crippen LogP contribution in [0.4, 0.5) is 0 Å². The van der Waals surface area contributed by atoms with E-state index in [1.54, 1.807) is 6.07 Å². The van der Waals surface area contributed by atoms with Gasteiger partial charge in [-0.3, -0.25) is 9.59 Å². The predicted molar refractivity (Wildman–Crippen MR) is 68.5 cm³/mol. The van der Waals surface area contributed by atoms with Gasteiger partial charge in [0.25, 0.3) is 0 Å². The van der Waals surface area contributed by atoms with Gasteiger partial charge in [0.2, 0.25) is 11.8 Å². The fourth-order valence-electron chi connectivity index (χ4n) is 2.12. The van der Waals surface area contributed by atoms with Gasteiger partial charge in [0.1, 0.15) is 4.83 Å². The summed E-state index contributed by atoms with van der Waals surface area (Å²) in [4.78, 5) is 28.7. The van der Waals surface area contributed by atoms with Crippen molar-refractivity contribution in [2.75, 3.05) is 6.54 Å². The van der Waals surface area contributed by atoms with E-state index >= 15 is 0 Å². The normalized spacial score (nSPS) is 19.1. The Bertz CT molecular complexity index is 650. The second kappa shape index (κ2) is 4.06. The van der Waals surface area contributed by atoms with Crippen molar-refractivity contribution in [2.24, 2.45) is 5.73 Å². The Morgan fingerprint density at radius 1 is 1.50 bits per heavy atom. The number of amides is 2. The molecule has 3 rings (SSSR count). The largest absolute Gasteiger partial charge is 0.366 e. The molecule has 0 saturated carbocycles. The summed E-state index contributed by atoms with van der Waals surface area (Å²) in [7, 11) is 0. The van der Waals surface area contributed by atoms with E-state index in [-0.39, 0.29) is 11.8 Å². The molecule has 1 aliphatic heterocycles. The first-order chi connectivity index (χ1) is 8.65. The molecule has 5 nitrogen and oxygen atoms in total. The number of pyridine rings is 1. The molecule has 0 bridgehead atoms. The predicted octanol–water partition coefficient (Wildman–Crippen LogP) is 0.999.